The monoisotopic (exact) mass is 290 g/mol. The fourth-order valence-corrected chi connectivity index (χ4v) is 2.67. The third-order valence-corrected chi connectivity index (χ3v) is 3.97. The molecule has 1 atom stereocenters. The zero-order valence-electron chi connectivity index (χ0n) is 12.9. The van der Waals surface area contributed by atoms with Gasteiger partial charge in [-0.05, 0) is 25.1 Å². The number of benzene rings is 1. The molecule has 21 heavy (non-hydrogen) atoms. The molecule has 1 heterocycles. The van der Waals surface area contributed by atoms with Gasteiger partial charge in [-0.2, -0.15) is 5.26 Å². The number of morpholine rings is 1. The van der Waals surface area contributed by atoms with Crippen LogP contribution in [0, 0.1) is 11.3 Å². The smallest absolute Gasteiger partial charge is 0.122 e. The zero-order valence-corrected chi connectivity index (χ0v) is 12.9. The summed E-state index contributed by atoms with van der Waals surface area (Å²) in [4.78, 5) is 2.18. The fourth-order valence-electron chi connectivity index (χ4n) is 2.67. The second-order valence-electron chi connectivity index (χ2n) is 5.34. The average Bonchev–Trinajstić information content (AvgIpc) is 2.55. The molecule has 5 heteroatoms. The molecule has 1 aromatic carbocycles. The summed E-state index contributed by atoms with van der Waals surface area (Å²) >= 11 is 0. The molecule has 0 N–H and O–H groups in total. The highest BCUT2D eigenvalue weighted by Gasteiger charge is 2.34. The van der Waals surface area contributed by atoms with Gasteiger partial charge in [-0.3, -0.25) is 4.90 Å². The van der Waals surface area contributed by atoms with Crippen molar-refractivity contribution in [3.63, 3.8) is 0 Å². The van der Waals surface area contributed by atoms with Gasteiger partial charge in [-0.1, -0.05) is 0 Å². The predicted octanol–water partition coefficient (Wildman–Crippen LogP) is 1.86. The van der Waals surface area contributed by atoms with E-state index in [1.54, 1.807) is 14.2 Å². The van der Waals surface area contributed by atoms with Crippen LogP contribution in [0.1, 0.15) is 12.5 Å². The Labute approximate surface area is 126 Å². The summed E-state index contributed by atoms with van der Waals surface area (Å²) in [5.41, 5.74) is 0.399. The van der Waals surface area contributed by atoms with Gasteiger partial charge in [0.05, 0.1) is 33.5 Å². The normalized spacial score (nSPS) is 18.6. The molecular formula is C16H22N2O3. The molecule has 1 saturated heterocycles. The van der Waals surface area contributed by atoms with E-state index in [1.165, 1.54) is 0 Å². The molecule has 0 spiro atoms. The first-order valence-electron chi connectivity index (χ1n) is 7.08. The Hall–Kier alpha value is -1.77. The molecule has 0 saturated carbocycles. The van der Waals surface area contributed by atoms with Gasteiger partial charge in [0, 0.05) is 25.1 Å². The van der Waals surface area contributed by atoms with Crippen molar-refractivity contribution in [3.05, 3.63) is 23.8 Å². The Morgan fingerprint density at radius 3 is 2.57 bits per heavy atom. The highest BCUT2D eigenvalue weighted by atomic mass is 16.5. The quantitative estimate of drug-likeness (QED) is 0.828. The predicted molar refractivity (Wildman–Crippen MR) is 79.7 cm³/mol. The van der Waals surface area contributed by atoms with Crippen molar-refractivity contribution >= 4 is 0 Å². The van der Waals surface area contributed by atoms with Crippen LogP contribution in [-0.2, 0) is 11.2 Å². The van der Waals surface area contributed by atoms with E-state index in [4.69, 9.17) is 14.2 Å². The minimum Gasteiger partial charge on any atom is -0.497 e. The number of hydrogen-bond donors (Lipinski definition) is 0. The van der Waals surface area contributed by atoms with Gasteiger partial charge >= 0.3 is 0 Å². The van der Waals surface area contributed by atoms with Gasteiger partial charge < -0.3 is 14.2 Å². The Morgan fingerprint density at radius 2 is 2.00 bits per heavy atom. The number of ether oxygens (including phenoxy) is 3. The molecule has 2 rings (SSSR count). The maximum Gasteiger partial charge on any atom is 0.122 e. The molecule has 1 aromatic rings. The first-order chi connectivity index (χ1) is 10.1. The van der Waals surface area contributed by atoms with E-state index in [0.29, 0.717) is 19.6 Å². The number of nitriles is 1. The molecule has 0 aliphatic carbocycles. The van der Waals surface area contributed by atoms with E-state index in [-0.39, 0.29) is 0 Å². The lowest BCUT2D eigenvalue weighted by molar-refractivity contribution is 0.00176. The molecule has 0 radical (unpaired) electrons. The van der Waals surface area contributed by atoms with Gasteiger partial charge in [0.25, 0.3) is 0 Å². The molecule has 1 aliphatic heterocycles. The number of hydrogen-bond acceptors (Lipinski definition) is 5. The topological polar surface area (TPSA) is 54.7 Å². The highest BCUT2D eigenvalue weighted by Crippen LogP contribution is 2.30. The fraction of sp³-hybridized carbons (Fsp3) is 0.562. The summed E-state index contributed by atoms with van der Waals surface area (Å²) in [6, 6.07) is 8.14. The van der Waals surface area contributed by atoms with Crippen molar-refractivity contribution < 1.29 is 14.2 Å². The summed E-state index contributed by atoms with van der Waals surface area (Å²) < 4.78 is 16.1. The third kappa shape index (κ3) is 3.46. The van der Waals surface area contributed by atoms with Crippen LogP contribution in [-0.4, -0.2) is 51.0 Å². The van der Waals surface area contributed by atoms with Crippen molar-refractivity contribution in [3.8, 4) is 17.6 Å². The summed E-state index contributed by atoms with van der Waals surface area (Å²) in [5, 5.41) is 9.68. The lowest BCUT2D eigenvalue weighted by Crippen LogP contribution is -2.52. The summed E-state index contributed by atoms with van der Waals surface area (Å²) in [7, 11) is 3.28. The SMILES string of the molecule is COc1ccc(OC)c(CC(C)(C#N)N2CCOCC2)c1. The standard InChI is InChI=1S/C16H22N2O3/c1-16(12-17,18-6-8-21-9-7-18)11-13-10-14(19-2)4-5-15(13)20-3/h4-5,10H,6-9,11H2,1-3H3. The Bertz CT molecular complexity index is 521. The van der Waals surface area contributed by atoms with E-state index >= 15 is 0 Å². The molecule has 0 aromatic heterocycles. The minimum atomic E-state index is -0.580. The van der Waals surface area contributed by atoms with Gasteiger partial charge in [-0.15, -0.1) is 0 Å². The molecule has 114 valence electrons. The second-order valence-corrected chi connectivity index (χ2v) is 5.34. The van der Waals surface area contributed by atoms with Crippen molar-refractivity contribution in [2.75, 3.05) is 40.5 Å². The Morgan fingerprint density at radius 1 is 1.29 bits per heavy atom. The van der Waals surface area contributed by atoms with E-state index in [9.17, 15) is 5.26 Å². The summed E-state index contributed by atoms with van der Waals surface area (Å²) in [6.07, 6.45) is 0.587. The maximum atomic E-state index is 9.68. The lowest BCUT2D eigenvalue weighted by Gasteiger charge is -2.38. The minimum absolute atomic E-state index is 0.580. The van der Waals surface area contributed by atoms with Crippen LogP contribution in [0.15, 0.2) is 18.2 Å². The number of methoxy groups -OCH3 is 2. The largest absolute Gasteiger partial charge is 0.497 e. The van der Waals surface area contributed by atoms with E-state index in [1.807, 2.05) is 25.1 Å². The van der Waals surface area contributed by atoms with E-state index in [0.717, 1.165) is 30.2 Å². The van der Waals surface area contributed by atoms with Crippen LogP contribution in [0.25, 0.3) is 0 Å². The van der Waals surface area contributed by atoms with Gasteiger partial charge in [0.1, 0.15) is 17.0 Å². The summed E-state index contributed by atoms with van der Waals surface area (Å²) in [6.45, 7) is 4.86. The third-order valence-electron chi connectivity index (χ3n) is 3.97. The van der Waals surface area contributed by atoms with E-state index < -0.39 is 5.54 Å². The molecule has 1 unspecified atom stereocenters. The molecular weight excluding hydrogens is 268 g/mol. The van der Waals surface area contributed by atoms with Gasteiger partial charge in [0.2, 0.25) is 0 Å². The lowest BCUT2D eigenvalue weighted by atomic mass is 9.91. The van der Waals surface area contributed by atoms with Crippen LogP contribution < -0.4 is 9.47 Å². The summed E-state index contributed by atoms with van der Waals surface area (Å²) in [5.74, 6) is 1.55. The maximum absolute atomic E-state index is 9.68. The zero-order chi connectivity index (χ0) is 15.3. The van der Waals surface area contributed by atoms with E-state index in [2.05, 4.69) is 11.0 Å². The molecule has 1 aliphatic rings. The molecule has 1 fully saturated rings. The first kappa shape index (κ1) is 15.6. The highest BCUT2D eigenvalue weighted by molar-refractivity contribution is 5.42. The number of rotatable bonds is 5. The van der Waals surface area contributed by atoms with Crippen molar-refractivity contribution in [2.45, 2.75) is 18.9 Å². The van der Waals surface area contributed by atoms with Gasteiger partial charge in [0.15, 0.2) is 0 Å². The van der Waals surface area contributed by atoms with Crippen LogP contribution >= 0.6 is 0 Å². The average molecular weight is 290 g/mol. The molecule has 5 nitrogen and oxygen atoms in total. The van der Waals surface area contributed by atoms with Crippen molar-refractivity contribution in [1.82, 2.24) is 4.90 Å². The first-order valence-corrected chi connectivity index (χ1v) is 7.08. The van der Waals surface area contributed by atoms with Crippen LogP contribution in [0.5, 0.6) is 11.5 Å². The van der Waals surface area contributed by atoms with Crippen molar-refractivity contribution in [2.24, 2.45) is 0 Å². The van der Waals surface area contributed by atoms with Crippen molar-refractivity contribution in [1.29, 1.82) is 5.26 Å². The Kier molecular flexibility index (Phi) is 5.05. The van der Waals surface area contributed by atoms with Crippen LogP contribution in [0.2, 0.25) is 0 Å². The molecule has 0 amide bonds. The Balaban J connectivity index is 2.26. The van der Waals surface area contributed by atoms with Crippen LogP contribution in [0.4, 0.5) is 0 Å². The number of nitrogens with zero attached hydrogens (tertiary/aromatic N) is 2. The van der Waals surface area contributed by atoms with Crippen LogP contribution in [0.3, 0.4) is 0 Å². The van der Waals surface area contributed by atoms with Gasteiger partial charge in [-0.25, -0.2) is 0 Å². The second kappa shape index (κ2) is 6.79. The molecule has 0 bridgehead atoms.